The standard InChI is InChI=1S/C17H22ClNO5/c1-3-7-24-14-12(18)8-11(9-13(14)23-4-2)15(20)19-10-17(5-6-17)16(21)22/h8-9H,3-7,10H2,1-2H3,(H,19,20)(H,21,22). The number of hydrogen-bond donors (Lipinski definition) is 2. The van der Waals surface area contributed by atoms with Crippen LogP contribution in [0.15, 0.2) is 12.1 Å². The Labute approximate surface area is 146 Å². The Balaban J connectivity index is 2.14. The molecule has 2 rings (SSSR count). The molecule has 6 nitrogen and oxygen atoms in total. The zero-order valence-corrected chi connectivity index (χ0v) is 14.6. The van der Waals surface area contributed by atoms with Gasteiger partial charge < -0.3 is 19.9 Å². The maximum absolute atomic E-state index is 12.3. The number of carbonyl (C=O) groups excluding carboxylic acids is 1. The SMILES string of the molecule is CCCOc1c(Cl)cc(C(=O)NCC2(C(=O)O)CC2)cc1OCC. The van der Waals surface area contributed by atoms with Crippen LogP contribution in [0.1, 0.15) is 43.5 Å². The number of halogens is 1. The summed E-state index contributed by atoms with van der Waals surface area (Å²) in [5.41, 5.74) is -0.500. The number of carbonyl (C=O) groups is 2. The monoisotopic (exact) mass is 355 g/mol. The van der Waals surface area contributed by atoms with E-state index in [2.05, 4.69) is 5.32 Å². The summed E-state index contributed by atoms with van der Waals surface area (Å²) < 4.78 is 11.1. The second-order valence-corrected chi connectivity index (χ2v) is 6.24. The van der Waals surface area contributed by atoms with Crippen LogP contribution in [0.25, 0.3) is 0 Å². The van der Waals surface area contributed by atoms with Crippen LogP contribution in [0.4, 0.5) is 0 Å². The van der Waals surface area contributed by atoms with Crippen molar-refractivity contribution in [3.63, 3.8) is 0 Å². The highest BCUT2D eigenvalue weighted by molar-refractivity contribution is 6.32. The Morgan fingerprint density at radius 1 is 1.29 bits per heavy atom. The number of benzene rings is 1. The van der Waals surface area contributed by atoms with Gasteiger partial charge in [0.1, 0.15) is 0 Å². The topological polar surface area (TPSA) is 84.9 Å². The first kappa shape index (κ1) is 18.4. The van der Waals surface area contributed by atoms with Gasteiger partial charge in [-0.1, -0.05) is 18.5 Å². The molecule has 1 aromatic carbocycles. The number of ether oxygens (including phenoxy) is 2. The number of carboxylic acids is 1. The van der Waals surface area contributed by atoms with Gasteiger partial charge in [0.05, 0.1) is 23.7 Å². The number of carboxylic acid groups (broad SMARTS) is 1. The van der Waals surface area contributed by atoms with Crippen molar-refractivity contribution in [1.82, 2.24) is 5.32 Å². The molecule has 0 bridgehead atoms. The molecule has 0 radical (unpaired) electrons. The Morgan fingerprint density at radius 2 is 2.00 bits per heavy atom. The number of amides is 1. The highest BCUT2D eigenvalue weighted by Crippen LogP contribution is 2.45. The first-order chi connectivity index (χ1) is 11.4. The van der Waals surface area contributed by atoms with Gasteiger partial charge in [-0.2, -0.15) is 0 Å². The van der Waals surface area contributed by atoms with Crippen molar-refractivity contribution in [1.29, 1.82) is 0 Å². The molecule has 7 heteroatoms. The molecule has 132 valence electrons. The van der Waals surface area contributed by atoms with Gasteiger partial charge in [-0.25, -0.2) is 0 Å². The zero-order valence-electron chi connectivity index (χ0n) is 13.9. The minimum Gasteiger partial charge on any atom is -0.490 e. The first-order valence-corrected chi connectivity index (χ1v) is 8.42. The van der Waals surface area contributed by atoms with Crippen LogP contribution in [0.2, 0.25) is 5.02 Å². The summed E-state index contributed by atoms with van der Waals surface area (Å²) in [6, 6.07) is 3.07. The third kappa shape index (κ3) is 4.12. The maximum atomic E-state index is 12.3. The average Bonchev–Trinajstić information content (AvgIpc) is 3.33. The molecule has 1 aliphatic rings. The minimum absolute atomic E-state index is 0.108. The van der Waals surface area contributed by atoms with Crippen LogP contribution in [0, 0.1) is 5.41 Å². The first-order valence-electron chi connectivity index (χ1n) is 8.04. The molecule has 1 fully saturated rings. The average molecular weight is 356 g/mol. The largest absolute Gasteiger partial charge is 0.490 e. The van der Waals surface area contributed by atoms with Crippen LogP contribution in [0.3, 0.4) is 0 Å². The van der Waals surface area contributed by atoms with Gasteiger partial charge in [0.15, 0.2) is 11.5 Å². The van der Waals surface area contributed by atoms with Gasteiger partial charge in [-0.15, -0.1) is 0 Å². The van der Waals surface area contributed by atoms with E-state index < -0.39 is 11.4 Å². The lowest BCUT2D eigenvalue weighted by Crippen LogP contribution is -2.34. The molecule has 0 unspecified atom stereocenters. The van der Waals surface area contributed by atoms with E-state index in [4.69, 9.17) is 26.2 Å². The Bertz CT molecular complexity index is 628. The smallest absolute Gasteiger partial charge is 0.311 e. The molecule has 0 aliphatic heterocycles. The lowest BCUT2D eigenvalue weighted by Gasteiger charge is -2.15. The molecular weight excluding hydrogens is 334 g/mol. The molecule has 0 aromatic heterocycles. The van der Waals surface area contributed by atoms with Crippen molar-refractivity contribution in [2.24, 2.45) is 5.41 Å². The molecular formula is C17H22ClNO5. The van der Waals surface area contributed by atoms with E-state index in [0.29, 0.717) is 48.1 Å². The molecule has 1 aliphatic carbocycles. The van der Waals surface area contributed by atoms with Gasteiger partial charge in [-0.3, -0.25) is 9.59 Å². The number of hydrogen-bond acceptors (Lipinski definition) is 4. The van der Waals surface area contributed by atoms with Crippen molar-refractivity contribution in [2.45, 2.75) is 33.1 Å². The second kappa shape index (κ2) is 7.75. The summed E-state index contributed by atoms with van der Waals surface area (Å²) >= 11 is 6.22. The van der Waals surface area contributed by atoms with Crippen LogP contribution in [-0.2, 0) is 4.79 Å². The molecule has 0 spiro atoms. The summed E-state index contributed by atoms with van der Waals surface area (Å²) in [5, 5.41) is 12.1. The lowest BCUT2D eigenvalue weighted by molar-refractivity contribution is -0.143. The van der Waals surface area contributed by atoms with Crippen molar-refractivity contribution in [3.05, 3.63) is 22.7 Å². The summed E-state index contributed by atoms with van der Waals surface area (Å²) in [4.78, 5) is 23.5. The predicted molar refractivity (Wildman–Crippen MR) is 90.0 cm³/mol. The van der Waals surface area contributed by atoms with E-state index in [1.165, 1.54) is 6.07 Å². The highest BCUT2D eigenvalue weighted by atomic mass is 35.5. The molecule has 1 amide bonds. The van der Waals surface area contributed by atoms with E-state index in [9.17, 15) is 9.59 Å². The minimum atomic E-state index is -0.876. The maximum Gasteiger partial charge on any atom is 0.311 e. The number of nitrogens with one attached hydrogen (secondary N) is 1. The predicted octanol–water partition coefficient (Wildman–Crippen LogP) is 3.12. The fraction of sp³-hybridized carbons (Fsp3) is 0.529. The summed E-state index contributed by atoms with van der Waals surface area (Å²) in [6.07, 6.45) is 1.98. The van der Waals surface area contributed by atoms with Gasteiger partial charge in [0.2, 0.25) is 0 Å². The highest BCUT2D eigenvalue weighted by Gasteiger charge is 2.50. The van der Waals surface area contributed by atoms with E-state index in [1.807, 2.05) is 13.8 Å². The Hall–Kier alpha value is -1.95. The molecule has 24 heavy (non-hydrogen) atoms. The van der Waals surface area contributed by atoms with Crippen LogP contribution < -0.4 is 14.8 Å². The normalized spacial score (nSPS) is 14.8. The molecule has 0 atom stereocenters. The van der Waals surface area contributed by atoms with Crippen molar-refractivity contribution in [2.75, 3.05) is 19.8 Å². The number of rotatable bonds is 9. The fourth-order valence-corrected chi connectivity index (χ4v) is 2.54. The van der Waals surface area contributed by atoms with Crippen LogP contribution in [-0.4, -0.2) is 36.7 Å². The van der Waals surface area contributed by atoms with Crippen molar-refractivity contribution < 1.29 is 24.2 Å². The van der Waals surface area contributed by atoms with Crippen molar-refractivity contribution in [3.8, 4) is 11.5 Å². The summed E-state index contributed by atoms with van der Waals surface area (Å²) in [5.74, 6) is -0.435. The van der Waals surface area contributed by atoms with E-state index in [1.54, 1.807) is 6.07 Å². The molecule has 0 heterocycles. The lowest BCUT2D eigenvalue weighted by atomic mass is 10.1. The molecule has 1 saturated carbocycles. The zero-order chi connectivity index (χ0) is 17.7. The third-order valence-electron chi connectivity index (χ3n) is 3.92. The number of aliphatic carboxylic acids is 1. The van der Waals surface area contributed by atoms with E-state index >= 15 is 0 Å². The van der Waals surface area contributed by atoms with Gasteiger partial charge >= 0.3 is 5.97 Å². The summed E-state index contributed by atoms with van der Waals surface area (Å²) in [6.45, 7) is 4.81. The second-order valence-electron chi connectivity index (χ2n) is 5.83. The third-order valence-corrected chi connectivity index (χ3v) is 4.20. The van der Waals surface area contributed by atoms with Crippen molar-refractivity contribution >= 4 is 23.5 Å². The van der Waals surface area contributed by atoms with E-state index in [0.717, 1.165) is 6.42 Å². The molecule has 1 aromatic rings. The molecule has 2 N–H and O–H groups in total. The Morgan fingerprint density at radius 3 is 2.54 bits per heavy atom. The van der Waals surface area contributed by atoms with Gasteiger partial charge in [0.25, 0.3) is 5.91 Å². The van der Waals surface area contributed by atoms with E-state index in [-0.39, 0.29) is 12.5 Å². The Kier molecular flexibility index (Phi) is 5.94. The quantitative estimate of drug-likeness (QED) is 0.711. The van der Waals surface area contributed by atoms with Crippen LogP contribution >= 0.6 is 11.6 Å². The van der Waals surface area contributed by atoms with Crippen LogP contribution in [0.5, 0.6) is 11.5 Å². The summed E-state index contributed by atoms with van der Waals surface area (Å²) in [7, 11) is 0. The fourth-order valence-electron chi connectivity index (χ4n) is 2.27. The van der Waals surface area contributed by atoms with Gasteiger partial charge in [0, 0.05) is 12.1 Å². The molecule has 0 saturated heterocycles. The van der Waals surface area contributed by atoms with Gasteiger partial charge in [-0.05, 0) is 38.3 Å².